The first-order valence-electron chi connectivity index (χ1n) is 6.08. The molecule has 1 aromatic carbocycles. The molecule has 0 N–H and O–H groups in total. The summed E-state index contributed by atoms with van der Waals surface area (Å²) in [6.45, 7) is 2.10. The van der Waals surface area contributed by atoms with Crippen LogP contribution in [0.3, 0.4) is 0 Å². The maximum atomic E-state index is 12.8. The zero-order chi connectivity index (χ0) is 13.7. The Labute approximate surface area is 121 Å². The minimum atomic E-state index is -0.228. The lowest BCUT2D eigenvalue weighted by Crippen LogP contribution is -1.98. The fourth-order valence-corrected chi connectivity index (χ4v) is 2.62. The molecule has 2 rings (SSSR count). The van der Waals surface area contributed by atoms with Gasteiger partial charge in [0.25, 0.3) is 0 Å². The third kappa shape index (κ3) is 4.48. The minimum absolute atomic E-state index is 0.228. The van der Waals surface area contributed by atoms with E-state index >= 15 is 0 Å². The topological polar surface area (TPSA) is 25.8 Å². The van der Waals surface area contributed by atoms with Gasteiger partial charge in [0.05, 0.1) is 5.75 Å². The number of hydrogen-bond donors (Lipinski definition) is 0. The van der Waals surface area contributed by atoms with Gasteiger partial charge in [-0.25, -0.2) is 14.4 Å². The lowest BCUT2D eigenvalue weighted by atomic mass is 10.2. The molecule has 0 aliphatic rings. The van der Waals surface area contributed by atoms with Crippen LogP contribution in [0.4, 0.5) is 4.39 Å². The fraction of sp³-hybridized carbons (Fsp3) is 0.286. The molecule has 0 aliphatic carbocycles. The number of aryl methyl sites for hydroxylation is 1. The molecule has 100 valence electrons. The number of hydrogen-bond acceptors (Lipinski definition) is 3. The van der Waals surface area contributed by atoms with Crippen molar-refractivity contribution in [3.63, 3.8) is 0 Å². The van der Waals surface area contributed by atoms with Gasteiger partial charge in [-0.15, -0.1) is 11.8 Å². The molecule has 0 spiro atoms. The van der Waals surface area contributed by atoms with Crippen molar-refractivity contribution in [3.05, 3.63) is 52.8 Å². The molecule has 0 fully saturated rings. The maximum Gasteiger partial charge on any atom is 0.140 e. The molecule has 1 heterocycles. The maximum absolute atomic E-state index is 12.8. The van der Waals surface area contributed by atoms with E-state index in [0.717, 1.165) is 23.4 Å². The summed E-state index contributed by atoms with van der Waals surface area (Å²) in [5.74, 6) is 1.11. The van der Waals surface area contributed by atoms with Crippen molar-refractivity contribution in [2.45, 2.75) is 30.4 Å². The molecule has 0 radical (unpaired) electrons. The Kier molecular flexibility index (Phi) is 5.16. The molecule has 0 saturated carbocycles. The molecular weight excluding hydrogens is 283 g/mol. The quantitative estimate of drug-likeness (QED) is 0.599. The highest BCUT2D eigenvalue weighted by molar-refractivity contribution is 7.98. The van der Waals surface area contributed by atoms with Gasteiger partial charge in [-0.05, 0) is 36.8 Å². The summed E-state index contributed by atoms with van der Waals surface area (Å²) in [5.41, 5.74) is 0.970. The first-order valence-corrected chi connectivity index (χ1v) is 7.44. The van der Waals surface area contributed by atoms with E-state index < -0.39 is 0 Å². The van der Waals surface area contributed by atoms with Crippen LogP contribution in [0.5, 0.6) is 0 Å². The standard InChI is InChI=1S/C14H14ClFN2S/c1-2-3-11-8-13(15)18-14(17-11)9-19-12-6-4-10(16)5-7-12/h4-8H,2-3,9H2,1H3. The number of benzene rings is 1. The van der Waals surface area contributed by atoms with Crippen LogP contribution in [-0.4, -0.2) is 9.97 Å². The van der Waals surface area contributed by atoms with Gasteiger partial charge in [-0.1, -0.05) is 24.9 Å². The molecule has 0 unspecified atom stereocenters. The predicted octanol–water partition coefficient (Wildman–Crippen LogP) is 4.51. The molecule has 0 aliphatic heterocycles. The van der Waals surface area contributed by atoms with E-state index in [1.165, 1.54) is 12.1 Å². The van der Waals surface area contributed by atoms with Gasteiger partial charge in [0.2, 0.25) is 0 Å². The third-order valence-corrected chi connectivity index (χ3v) is 3.68. The van der Waals surface area contributed by atoms with Crippen molar-refractivity contribution in [3.8, 4) is 0 Å². The van der Waals surface area contributed by atoms with E-state index in [1.807, 2.05) is 0 Å². The monoisotopic (exact) mass is 296 g/mol. The Morgan fingerprint density at radius 2 is 1.95 bits per heavy atom. The van der Waals surface area contributed by atoms with Gasteiger partial charge in [-0.3, -0.25) is 0 Å². The normalized spacial score (nSPS) is 10.7. The lowest BCUT2D eigenvalue weighted by molar-refractivity contribution is 0.626. The molecule has 0 saturated heterocycles. The fourth-order valence-electron chi connectivity index (χ4n) is 1.64. The minimum Gasteiger partial charge on any atom is -0.237 e. The van der Waals surface area contributed by atoms with Crippen molar-refractivity contribution in [2.24, 2.45) is 0 Å². The van der Waals surface area contributed by atoms with Gasteiger partial charge < -0.3 is 0 Å². The molecule has 19 heavy (non-hydrogen) atoms. The highest BCUT2D eigenvalue weighted by Crippen LogP contribution is 2.22. The smallest absolute Gasteiger partial charge is 0.140 e. The van der Waals surface area contributed by atoms with E-state index in [4.69, 9.17) is 11.6 Å². The lowest BCUT2D eigenvalue weighted by Gasteiger charge is -2.04. The van der Waals surface area contributed by atoms with Crippen molar-refractivity contribution in [1.29, 1.82) is 0 Å². The molecular formula is C14H14ClFN2S. The van der Waals surface area contributed by atoms with Crippen LogP contribution in [0.25, 0.3) is 0 Å². The van der Waals surface area contributed by atoms with Crippen LogP contribution in [0.2, 0.25) is 5.15 Å². The zero-order valence-corrected chi connectivity index (χ0v) is 12.1. The van der Waals surface area contributed by atoms with E-state index in [9.17, 15) is 4.39 Å². The van der Waals surface area contributed by atoms with E-state index in [-0.39, 0.29) is 5.82 Å². The SMILES string of the molecule is CCCc1cc(Cl)nc(CSc2ccc(F)cc2)n1. The van der Waals surface area contributed by atoms with E-state index in [1.54, 1.807) is 30.0 Å². The van der Waals surface area contributed by atoms with Gasteiger partial charge in [0.15, 0.2) is 0 Å². The number of halogens is 2. The number of nitrogens with zero attached hydrogens (tertiary/aromatic N) is 2. The van der Waals surface area contributed by atoms with Crippen LogP contribution >= 0.6 is 23.4 Å². The average Bonchev–Trinajstić information content (AvgIpc) is 2.38. The Morgan fingerprint density at radius 1 is 1.21 bits per heavy atom. The summed E-state index contributed by atoms with van der Waals surface area (Å²) < 4.78 is 12.8. The molecule has 1 aromatic heterocycles. The zero-order valence-electron chi connectivity index (χ0n) is 10.6. The van der Waals surface area contributed by atoms with Crippen LogP contribution in [0.15, 0.2) is 35.2 Å². The number of aromatic nitrogens is 2. The second-order valence-electron chi connectivity index (χ2n) is 4.09. The number of thioether (sulfide) groups is 1. The second kappa shape index (κ2) is 6.87. The van der Waals surface area contributed by atoms with Gasteiger partial charge in [-0.2, -0.15) is 0 Å². The predicted molar refractivity (Wildman–Crippen MR) is 77.0 cm³/mol. The third-order valence-electron chi connectivity index (χ3n) is 2.48. The van der Waals surface area contributed by atoms with Gasteiger partial charge in [0.1, 0.15) is 16.8 Å². The Morgan fingerprint density at radius 3 is 2.63 bits per heavy atom. The van der Waals surface area contributed by atoms with Crippen molar-refractivity contribution in [2.75, 3.05) is 0 Å². The molecule has 0 bridgehead atoms. The van der Waals surface area contributed by atoms with Gasteiger partial charge in [0, 0.05) is 10.6 Å². The van der Waals surface area contributed by atoms with Crippen LogP contribution in [-0.2, 0) is 12.2 Å². The first-order chi connectivity index (χ1) is 9.17. The van der Waals surface area contributed by atoms with Crippen molar-refractivity contribution < 1.29 is 4.39 Å². The van der Waals surface area contributed by atoms with E-state index in [2.05, 4.69) is 16.9 Å². The highest BCUT2D eigenvalue weighted by Gasteiger charge is 2.04. The summed E-state index contributed by atoms with van der Waals surface area (Å²) in [6.07, 6.45) is 1.92. The van der Waals surface area contributed by atoms with Crippen LogP contribution in [0.1, 0.15) is 24.9 Å². The summed E-state index contributed by atoms with van der Waals surface area (Å²) in [5, 5.41) is 0.480. The van der Waals surface area contributed by atoms with Crippen molar-refractivity contribution in [1.82, 2.24) is 9.97 Å². The Bertz CT molecular complexity index is 546. The van der Waals surface area contributed by atoms with Gasteiger partial charge >= 0.3 is 0 Å². The molecule has 2 aromatic rings. The molecule has 0 amide bonds. The average molecular weight is 297 g/mol. The summed E-state index contributed by atoms with van der Waals surface area (Å²) in [6, 6.07) is 8.19. The Balaban J connectivity index is 2.04. The molecule has 5 heteroatoms. The Hall–Kier alpha value is -1.13. The van der Waals surface area contributed by atoms with Crippen LogP contribution in [0, 0.1) is 5.82 Å². The largest absolute Gasteiger partial charge is 0.237 e. The second-order valence-corrected chi connectivity index (χ2v) is 5.53. The summed E-state index contributed by atoms with van der Waals surface area (Å²) in [7, 11) is 0. The van der Waals surface area contributed by atoms with Crippen LogP contribution < -0.4 is 0 Å². The van der Waals surface area contributed by atoms with E-state index in [0.29, 0.717) is 16.7 Å². The summed E-state index contributed by atoms with van der Waals surface area (Å²) >= 11 is 7.55. The first kappa shape index (κ1) is 14.3. The van der Waals surface area contributed by atoms with Crippen molar-refractivity contribution >= 4 is 23.4 Å². The summed E-state index contributed by atoms with van der Waals surface area (Å²) in [4.78, 5) is 9.66. The highest BCUT2D eigenvalue weighted by atomic mass is 35.5. The molecule has 0 atom stereocenters. The number of rotatable bonds is 5. The molecule has 2 nitrogen and oxygen atoms in total.